The molecule has 0 radical (unpaired) electrons. The SMILES string of the molecule is O=[N+]([O-])c1ccc(S(=O)(=O)C2CO2)cc1. The Balaban J connectivity index is 2.35. The Hall–Kier alpha value is -1.47. The molecular formula is C8H7NO5S. The second-order valence-corrected chi connectivity index (χ2v) is 5.15. The lowest BCUT2D eigenvalue weighted by Crippen LogP contribution is -2.08. The summed E-state index contributed by atoms with van der Waals surface area (Å²) in [6, 6.07) is 4.76. The van der Waals surface area contributed by atoms with Crippen LogP contribution in [0.25, 0.3) is 0 Å². The van der Waals surface area contributed by atoms with Gasteiger partial charge in [-0.15, -0.1) is 0 Å². The van der Waals surface area contributed by atoms with Crippen molar-refractivity contribution in [2.45, 2.75) is 10.3 Å². The molecule has 0 spiro atoms. The van der Waals surface area contributed by atoms with Crippen LogP contribution in [0.1, 0.15) is 0 Å². The molecule has 0 amide bonds. The van der Waals surface area contributed by atoms with Crippen LogP contribution in [0.3, 0.4) is 0 Å². The minimum absolute atomic E-state index is 0.0515. The number of non-ortho nitro benzene ring substituents is 1. The molecule has 1 atom stereocenters. The summed E-state index contributed by atoms with van der Waals surface area (Å²) >= 11 is 0. The van der Waals surface area contributed by atoms with Gasteiger partial charge >= 0.3 is 0 Å². The molecule has 0 N–H and O–H groups in total. The van der Waals surface area contributed by atoms with Crippen LogP contribution in [0, 0.1) is 10.1 Å². The summed E-state index contributed by atoms with van der Waals surface area (Å²) in [5.41, 5.74) is -0.912. The second-order valence-electron chi connectivity index (χ2n) is 3.06. The average Bonchev–Trinajstić information content (AvgIpc) is 3.01. The third-order valence-electron chi connectivity index (χ3n) is 2.02. The highest BCUT2D eigenvalue weighted by molar-refractivity contribution is 7.92. The number of nitrogens with zero attached hydrogens (tertiary/aromatic N) is 1. The molecule has 80 valence electrons. The Morgan fingerprint density at radius 3 is 2.27 bits per heavy atom. The molecule has 1 unspecified atom stereocenters. The number of benzene rings is 1. The first kappa shape index (κ1) is 10.1. The summed E-state index contributed by atoms with van der Waals surface area (Å²) in [5.74, 6) is 0. The average molecular weight is 229 g/mol. The fourth-order valence-corrected chi connectivity index (χ4v) is 2.38. The van der Waals surface area contributed by atoms with Crippen LogP contribution in [0.4, 0.5) is 5.69 Å². The lowest BCUT2D eigenvalue weighted by molar-refractivity contribution is -0.384. The Morgan fingerprint density at radius 2 is 1.87 bits per heavy atom. The lowest BCUT2D eigenvalue weighted by atomic mass is 10.3. The largest absolute Gasteiger partial charge is 0.356 e. The number of epoxide rings is 1. The van der Waals surface area contributed by atoms with Crippen LogP contribution in [-0.2, 0) is 14.6 Å². The van der Waals surface area contributed by atoms with Gasteiger partial charge in [0.15, 0.2) is 5.44 Å². The smallest absolute Gasteiger partial charge is 0.269 e. The maximum atomic E-state index is 11.6. The molecule has 6 nitrogen and oxygen atoms in total. The summed E-state index contributed by atoms with van der Waals surface area (Å²) in [6.45, 7) is 0.194. The van der Waals surface area contributed by atoms with Gasteiger partial charge in [-0.3, -0.25) is 10.1 Å². The molecule has 1 aromatic rings. The van der Waals surface area contributed by atoms with Crippen molar-refractivity contribution in [3.05, 3.63) is 34.4 Å². The number of nitro benzene ring substituents is 1. The van der Waals surface area contributed by atoms with Gasteiger partial charge in [-0.05, 0) is 12.1 Å². The molecule has 2 rings (SSSR count). The Kier molecular flexibility index (Phi) is 2.20. The van der Waals surface area contributed by atoms with Crippen molar-refractivity contribution < 1.29 is 18.1 Å². The highest BCUT2D eigenvalue weighted by atomic mass is 32.2. The molecule has 0 bridgehead atoms. The minimum atomic E-state index is -3.45. The molecule has 1 aromatic carbocycles. The first-order valence-electron chi connectivity index (χ1n) is 4.12. The summed E-state index contributed by atoms with van der Waals surface area (Å²) in [7, 11) is -3.45. The lowest BCUT2D eigenvalue weighted by Gasteiger charge is -1.99. The summed E-state index contributed by atoms with van der Waals surface area (Å²) < 4.78 is 27.8. The molecule has 0 saturated carbocycles. The van der Waals surface area contributed by atoms with E-state index in [1.54, 1.807) is 0 Å². The Morgan fingerprint density at radius 1 is 1.33 bits per heavy atom. The molecule has 0 aromatic heterocycles. The highest BCUT2D eigenvalue weighted by Crippen LogP contribution is 2.26. The molecule has 7 heteroatoms. The van der Waals surface area contributed by atoms with Gasteiger partial charge in [-0.25, -0.2) is 8.42 Å². The first-order valence-corrected chi connectivity index (χ1v) is 5.66. The molecule has 1 heterocycles. The van der Waals surface area contributed by atoms with Gasteiger partial charge in [0.1, 0.15) is 0 Å². The van der Waals surface area contributed by atoms with Crippen LogP contribution >= 0.6 is 0 Å². The van der Waals surface area contributed by atoms with Gasteiger partial charge in [0, 0.05) is 12.1 Å². The van der Waals surface area contributed by atoms with Gasteiger partial charge in [-0.2, -0.15) is 0 Å². The number of sulfone groups is 1. The molecule has 1 saturated heterocycles. The van der Waals surface area contributed by atoms with Crippen LogP contribution in [0.5, 0.6) is 0 Å². The zero-order valence-corrected chi connectivity index (χ0v) is 8.31. The second kappa shape index (κ2) is 3.28. The Bertz CT molecular complexity index is 488. The number of nitro groups is 1. The maximum absolute atomic E-state index is 11.6. The normalized spacial score (nSPS) is 19.9. The maximum Gasteiger partial charge on any atom is 0.269 e. The van der Waals surface area contributed by atoms with E-state index in [1.807, 2.05) is 0 Å². The van der Waals surface area contributed by atoms with Crippen molar-refractivity contribution in [2.24, 2.45) is 0 Å². The van der Waals surface area contributed by atoms with E-state index in [1.165, 1.54) is 12.1 Å². The van der Waals surface area contributed by atoms with E-state index in [0.717, 1.165) is 12.1 Å². The number of rotatable bonds is 3. The quantitative estimate of drug-likeness (QED) is 0.433. The summed E-state index contributed by atoms with van der Waals surface area (Å²) in [6.07, 6.45) is 0. The van der Waals surface area contributed by atoms with Crippen LogP contribution < -0.4 is 0 Å². The molecular weight excluding hydrogens is 222 g/mol. The van der Waals surface area contributed by atoms with E-state index in [0.29, 0.717) is 0 Å². The van der Waals surface area contributed by atoms with Crippen molar-refractivity contribution >= 4 is 15.5 Å². The zero-order chi connectivity index (χ0) is 11.1. The van der Waals surface area contributed by atoms with E-state index in [9.17, 15) is 18.5 Å². The minimum Gasteiger partial charge on any atom is -0.356 e. The highest BCUT2D eigenvalue weighted by Gasteiger charge is 2.38. The van der Waals surface area contributed by atoms with Crippen molar-refractivity contribution in [1.82, 2.24) is 0 Å². The van der Waals surface area contributed by atoms with E-state index >= 15 is 0 Å². The zero-order valence-electron chi connectivity index (χ0n) is 7.49. The van der Waals surface area contributed by atoms with Crippen molar-refractivity contribution in [2.75, 3.05) is 6.61 Å². The molecule has 1 aliphatic rings. The standard InChI is InChI=1S/C8H7NO5S/c10-9(11)6-1-3-7(4-2-6)15(12,13)8-5-14-8/h1-4,8H,5H2. The number of hydrogen-bond acceptors (Lipinski definition) is 5. The van der Waals surface area contributed by atoms with Crippen LogP contribution in [0.2, 0.25) is 0 Å². The third kappa shape index (κ3) is 1.83. The number of ether oxygens (including phenoxy) is 1. The van der Waals surface area contributed by atoms with E-state index in [-0.39, 0.29) is 17.2 Å². The van der Waals surface area contributed by atoms with Gasteiger partial charge in [0.2, 0.25) is 9.84 Å². The van der Waals surface area contributed by atoms with Crippen molar-refractivity contribution in [3.63, 3.8) is 0 Å². The predicted octanol–water partition coefficient (Wildman–Crippen LogP) is 0.725. The van der Waals surface area contributed by atoms with Gasteiger partial charge in [-0.1, -0.05) is 0 Å². The van der Waals surface area contributed by atoms with Crippen molar-refractivity contribution in [1.29, 1.82) is 0 Å². The van der Waals surface area contributed by atoms with Crippen LogP contribution in [0.15, 0.2) is 29.2 Å². The summed E-state index contributed by atoms with van der Waals surface area (Å²) in [5, 5.41) is 10.3. The topological polar surface area (TPSA) is 89.8 Å². The first-order chi connectivity index (χ1) is 7.01. The molecule has 0 aliphatic carbocycles. The predicted molar refractivity (Wildman–Crippen MR) is 50.0 cm³/mol. The molecule has 1 aliphatic heterocycles. The van der Waals surface area contributed by atoms with Gasteiger partial charge in [0.25, 0.3) is 5.69 Å². The fraction of sp³-hybridized carbons (Fsp3) is 0.250. The summed E-state index contributed by atoms with van der Waals surface area (Å²) in [4.78, 5) is 9.81. The number of hydrogen-bond donors (Lipinski definition) is 0. The van der Waals surface area contributed by atoms with E-state index < -0.39 is 20.2 Å². The Labute approximate surface area is 85.5 Å². The fourth-order valence-electron chi connectivity index (χ4n) is 1.13. The van der Waals surface area contributed by atoms with E-state index in [2.05, 4.69) is 4.74 Å². The van der Waals surface area contributed by atoms with Crippen LogP contribution in [-0.4, -0.2) is 25.4 Å². The molecule has 15 heavy (non-hydrogen) atoms. The molecule has 1 fully saturated rings. The van der Waals surface area contributed by atoms with E-state index in [4.69, 9.17) is 0 Å². The van der Waals surface area contributed by atoms with Gasteiger partial charge < -0.3 is 4.74 Å². The van der Waals surface area contributed by atoms with Crippen molar-refractivity contribution in [3.8, 4) is 0 Å². The monoisotopic (exact) mass is 229 g/mol. The van der Waals surface area contributed by atoms with Gasteiger partial charge in [0.05, 0.1) is 16.4 Å². The third-order valence-corrected chi connectivity index (χ3v) is 3.92.